The fourth-order valence-corrected chi connectivity index (χ4v) is 2.71. The first-order valence-electron chi connectivity index (χ1n) is 6.52. The van der Waals surface area contributed by atoms with E-state index in [0.717, 1.165) is 38.5 Å². The third kappa shape index (κ3) is 2.61. The monoisotopic (exact) mass is 230 g/mol. The van der Waals surface area contributed by atoms with Crippen molar-refractivity contribution in [2.75, 3.05) is 0 Å². The van der Waals surface area contributed by atoms with Gasteiger partial charge in [0.25, 0.3) is 0 Å². The molecule has 0 amide bonds. The summed E-state index contributed by atoms with van der Waals surface area (Å²) in [5.74, 6) is 0. The lowest BCUT2D eigenvalue weighted by atomic mass is 9.84. The molecule has 0 heterocycles. The standard InChI is InChI=1S/C16H22O/c1-3-15(11-7-5-8-12-15)17-16(4-2)13-9-6-10-14-16/h3-7,9H,1-2,8,10-14H2. The summed E-state index contributed by atoms with van der Waals surface area (Å²) >= 11 is 0. The van der Waals surface area contributed by atoms with E-state index in [9.17, 15) is 0 Å². The van der Waals surface area contributed by atoms with E-state index >= 15 is 0 Å². The van der Waals surface area contributed by atoms with Crippen LogP contribution >= 0.6 is 0 Å². The van der Waals surface area contributed by atoms with E-state index < -0.39 is 0 Å². The van der Waals surface area contributed by atoms with Crippen molar-refractivity contribution in [2.45, 2.75) is 49.7 Å². The first kappa shape index (κ1) is 12.4. The molecule has 17 heavy (non-hydrogen) atoms. The summed E-state index contributed by atoms with van der Waals surface area (Å²) < 4.78 is 6.47. The highest BCUT2D eigenvalue weighted by molar-refractivity contribution is 5.14. The zero-order chi connectivity index (χ0) is 12.2. The molecule has 2 atom stereocenters. The molecule has 0 saturated heterocycles. The van der Waals surface area contributed by atoms with Gasteiger partial charge in [0, 0.05) is 0 Å². The molecule has 0 N–H and O–H groups in total. The predicted molar refractivity (Wildman–Crippen MR) is 72.9 cm³/mol. The highest BCUT2D eigenvalue weighted by Crippen LogP contribution is 2.38. The van der Waals surface area contributed by atoms with Gasteiger partial charge in [-0.3, -0.25) is 0 Å². The Morgan fingerprint density at radius 1 is 0.824 bits per heavy atom. The number of rotatable bonds is 4. The van der Waals surface area contributed by atoms with Crippen LogP contribution in [0, 0.1) is 0 Å². The van der Waals surface area contributed by atoms with E-state index in [2.05, 4.69) is 37.5 Å². The number of allylic oxidation sites excluding steroid dienone is 2. The van der Waals surface area contributed by atoms with Crippen molar-refractivity contribution in [1.82, 2.24) is 0 Å². The van der Waals surface area contributed by atoms with Crippen LogP contribution in [0.3, 0.4) is 0 Å². The molecule has 0 aromatic heterocycles. The van der Waals surface area contributed by atoms with Crippen LogP contribution in [0.4, 0.5) is 0 Å². The average Bonchev–Trinajstić information content (AvgIpc) is 2.41. The van der Waals surface area contributed by atoms with Crippen LogP contribution < -0.4 is 0 Å². The summed E-state index contributed by atoms with van der Waals surface area (Å²) in [5.41, 5.74) is -0.373. The van der Waals surface area contributed by atoms with Gasteiger partial charge in [-0.05, 0) is 38.5 Å². The molecule has 0 aromatic rings. The van der Waals surface area contributed by atoms with Crippen LogP contribution in [0.1, 0.15) is 38.5 Å². The molecule has 0 aliphatic heterocycles. The Morgan fingerprint density at radius 3 is 1.59 bits per heavy atom. The van der Waals surface area contributed by atoms with Crippen molar-refractivity contribution in [3.8, 4) is 0 Å². The van der Waals surface area contributed by atoms with Gasteiger partial charge in [0.1, 0.15) is 0 Å². The van der Waals surface area contributed by atoms with Crippen molar-refractivity contribution in [2.24, 2.45) is 0 Å². The maximum Gasteiger partial charge on any atom is 0.0909 e. The fraction of sp³-hybridized carbons (Fsp3) is 0.500. The molecule has 2 unspecified atom stereocenters. The van der Waals surface area contributed by atoms with Crippen molar-refractivity contribution in [1.29, 1.82) is 0 Å². The van der Waals surface area contributed by atoms with Gasteiger partial charge in [-0.1, -0.05) is 36.5 Å². The molecule has 1 nitrogen and oxygen atoms in total. The first-order valence-corrected chi connectivity index (χ1v) is 6.52. The van der Waals surface area contributed by atoms with Crippen LogP contribution in [-0.4, -0.2) is 11.2 Å². The van der Waals surface area contributed by atoms with Gasteiger partial charge in [-0.2, -0.15) is 0 Å². The normalized spacial score (nSPS) is 36.7. The van der Waals surface area contributed by atoms with Crippen LogP contribution in [-0.2, 0) is 4.74 Å². The summed E-state index contributed by atoms with van der Waals surface area (Å²) in [7, 11) is 0. The Balaban J connectivity index is 2.16. The van der Waals surface area contributed by atoms with Gasteiger partial charge in [0.2, 0.25) is 0 Å². The highest BCUT2D eigenvalue weighted by atomic mass is 16.5. The summed E-state index contributed by atoms with van der Waals surface area (Å²) in [6, 6.07) is 0. The number of ether oxygens (including phenoxy) is 1. The molecule has 92 valence electrons. The van der Waals surface area contributed by atoms with Crippen molar-refractivity contribution in [3.05, 3.63) is 49.6 Å². The molecule has 2 aliphatic carbocycles. The second-order valence-electron chi connectivity index (χ2n) is 5.07. The molecule has 0 spiro atoms. The summed E-state index contributed by atoms with van der Waals surface area (Å²) in [4.78, 5) is 0. The van der Waals surface area contributed by atoms with Crippen molar-refractivity contribution < 1.29 is 4.74 Å². The lowest BCUT2D eigenvalue weighted by molar-refractivity contribution is -0.114. The molecule has 1 heteroatoms. The zero-order valence-electron chi connectivity index (χ0n) is 10.5. The van der Waals surface area contributed by atoms with E-state index in [1.54, 1.807) is 0 Å². The van der Waals surface area contributed by atoms with Crippen molar-refractivity contribution >= 4 is 0 Å². The van der Waals surface area contributed by atoms with E-state index in [1.807, 2.05) is 12.2 Å². The van der Waals surface area contributed by atoms with Gasteiger partial charge in [-0.15, -0.1) is 13.2 Å². The lowest BCUT2D eigenvalue weighted by Gasteiger charge is -2.43. The second-order valence-corrected chi connectivity index (χ2v) is 5.07. The third-order valence-corrected chi connectivity index (χ3v) is 3.88. The third-order valence-electron chi connectivity index (χ3n) is 3.88. The van der Waals surface area contributed by atoms with Gasteiger partial charge in [0.05, 0.1) is 11.2 Å². The molecule has 0 saturated carbocycles. The van der Waals surface area contributed by atoms with Gasteiger partial charge >= 0.3 is 0 Å². The van der Waals surface area contributed by atoms with E-state index in [-0.39, 0.29) is 11.2 Å². The maximum absolute atomic E-state index is 6.47. The molecular weight excluding hydrogens is 208 g/mol. The SMILES string of the molecule is C=CC1(OC2(C=C)CC=CCC2)CC=CCC1. The first-order chi connectivity index (χ1) is 8.24. The number of hydrogen-bond acceptors (Lipinski definition) is 1. The Kier molecular flexibility index (Phi) is 3.68. The van der Waals surface area contributed by atoms with E-state index in [1.165, 1.54) is 0 Å². The molecule has 0 aromatic carbocycles. The van der Waals surface area contributed by atoms with Gasteiger partial charge in [-0.25, -0.2) is 0 Å². The van der Waals surface area contributed by atoms with Crippen LogP contribution in [0.25, 0.3) is 0 Å². The Bertz CT molecular complexity index is 319. The quantitative estimate of drug-likeness (QED) is 0.653. The smallest absolute Gasteiger partial charge is 0.0909 e. The maximum atomic E-state index is 6.47. The summed E-state index contributed by atoms with van der Waals surface area (Å²) in [6.45, 7) is 7.95. The van der Waals surface area contributed by atoms with E-state index in [0.29, 0.717) is 0 Å². The summed E-state index contributed by atoms with van der Waals surface area (Å²) in [5, 5.41) is 0. The Labute approximate surface area is 105 Å². The predicted octanol–water partition coefficient (Wildman–Crippen LogP) is 4.33. The van der Waals surface area contributed by atoms with Crippen LogP contribution in [0.15, 0.2) is 49.6 Å². The molecule has 0 bridgehead atoms. The van der Waals surface area contributed by atoms with Gasteiger partial charge in [0.15, 0.2) is 0 Å². The minimum atomic E-state index is -0.186. The fourth-order valence-electron chi connectivity index (χ4n) is 2.71. The molecular formula is C16H22O. The largest absolute Gasteiger partial charge is 0.360 e. The van der Waals surface area contributed by atoms with Crippen molar-refractivity contribution in [3.63, 3.8) is 0 Å². The minimum absolute atomic E-state index is 0.186. The number of hydrogen-bond donors (Lipinski definition) is 0. The molecule has 2 aliphatic rings. The molecule has 0 fully saturated rings. The molecule has 2 rings (SSSR count). The lowest BCUT2D eigenvalue weighted by Crippen LogP contribution is -2.43. The summed E-state index contributed by atoms with van der Waals surface area (Å²) in [6.07, 6.45) is 19.0. The highest BCUT2D eigenvalue weighted by Gasteiger charge is 2.38. The van der Waals surface area contributed by atoms with Crippen LogP contribution in [0.5, 0.6) is 0 Å². The Morgan fingerprint density at radius 2 is 1.29 bits per heavy atom. The second kappa shape index (κ2) is 5.05. The topological polar surface area (TPSA) is 9.23 Å². The van der Waals surface area contributed by atoms with Gasteiger partial charge < -0.3 is 4.74 Å². The minimum Gasteiger partial charge on any atom is -0.360 e. The average molecular weight is 230 g/mol. The Hall–Kier alpha value is -1.08. The molecule has 0 radical (unpaired) electrons. The zero-order valence-corrected chi connectivity index (χ0v) is 10.5. The van der Waals surface area contributed by atoms with Crippen LogP contribution in [0.2, 0.25) is 0 Å². The van der Waals surface area contributed by atoms with E-state index in [4.69, 9.17) is 4.74 Å².